The molecule has 36 heavy (non-hydrogen) atoms. The highest BCUT2D eigenvalue weighted by atomic mass is 35.5. The second kappa shape index (κ2) is 12.6. The molecule has 0 saturated carbocycles. The molecule has 0 aliphatic carbocycles. The van der Waals surface area contributed by atoms with E-state index < -0.39 is 11.6 Å². The molecule has 9 nitrogen and oxygen atoms in total. The highest BCUT2D eigenvalue weighted by Crippen LogP contribution is 2.28. The van der Waals surface area contributed by atoms with Crippen LogP contribution in [0.3, 0.4) is 0 Å². The molecule has 1 saturated heterocycles. The molecular weight excluding hydrogens is 492 g/mol. The maximum atomic E-state index is 14.8. The minimum atomic E-state index is -0.795. The molecule has 1 aliphatic heterocycles. The van der Waals surface area contributed by atoms with E-state index >= 15 is 0 Å². The first-order valence-corrected chi connectivity index (χ1v) is 12.7. The number of nitrogens with one attached hydrogen (secondary N) is 2. The number of hydrogen-bond acceptors (Lipinski definition) is 8. The summed E-state index contributed by atoms with van der Waals surface area (Å²) >= 11 is 5.95. The number of nitrogens with zero attached hydrogens (tertiary/aromatic N) is 5. The third kappa shape index (κ3) is 6.20. The van der Waals surface area contributed by atoms with E-state index in [1.807, 2.05) is 0 Å². The summed E-state index contributed by atoms with van der Waals surface area (Å²) < 4.78 is 36.6. The van der Waals surface area contributed by atoms with Gasteiger partial charge in [-0.15, -0.1) is 0 Å². The number of aliphatic hydroxyl groups excluding tert-OH is 1. The number of fused-ring (bicyclic) bond motifs is 1. The van der Waals surface area contributed by atoms with Gasteiger partial charge in [-0.25, -0.2) is 13.8 Å². The number of aryl methyl sites for hydroxylation is 1. The number of aromatic nitrogens is 4. The minimum absolute atomic E-state index is 0.0961. The highest BCUT2D eigenvalue weighted by molar-refractivity contribution is 6.30. The van der Waals surface area contributed by atoms with Crippen molar-refractivity contribution in [3.63, 3.8) is 0 Å². The Morgan fingerprint density at radius 3 is 2.67 bits per heavy atom. The van der Waals surface area contributed by atoms with Gasteiger partial charge >= 0.3 is 0 Å². The summed E-state index contributed by atoms with van der Waals surface area (Å²) in [5, 5.41) is 15.5. The average molecular weight is 524 g/mol. The molecule has 196 valence electrons. The van der Waals surface area contributed by atoms with Crippen LogP contribution in [0.4, 0.5) is 20.5 Å². The summed E-state index contributed by atoms with van der Waals surface area (Å²) in [6, 6.07) is 2.36. The standard InChI is InChI=1S/C24H32ClF2N7O2/c1-2-3-4-19-30-21-22(28-7-9-33-10-13-36-14-11-33)31-24(29-8-12-35)32-23(21)34(19)15-16-18(26)6-5-17(25)20(16)27/h5-6,35H,2-4,7-15H2,1H3,(H2,28,29,31,32). The molecule has 0 radical (unpaired) electrons. The number of benzene rings is 1. The van der Waals surface area contributed by atoms with E-state index in [1.165, 1.54) is 6.07 Å². The van der Waals surface area contributed by atoms with Crippen molar-refractivity contribution in [1.82, 2.24) is 24.4 Å². The van der Waals surface area contributed by atoms with Crippen molar-refractivity contribution in [2.24, 2.45) is 0 Å². The molecule has 1 aromatic carbocycles. The molecule has 3 N–H and O–H groups in total. The van der Waals surface area contributed by atoms with Gasteiger partial charge in [-0.2, -0.15) is 9.97 Å². The van der Waals surface area contributed by atoms with Gasteiger partial charge < -0.3 is 25.0 Å². The van der Waals surface area contributed by atoms with Crippen LogP contribution >= 0.6 is 11.6 Å². The predicted molar refractivity (Wildman–Crippen MR) is 136 cm³/mol. The molecule has 3 heterocycles. The summed E-state index contributed by atoms with van der Waals surface area (Å²) in [6.45, 7) is 6.72. The zero-order chi connectivity index (χ0) is 25.5. The molecule has 2 aromatic heterocycles. The SMILES string of the molecule is CCCCc1nc2c(NCCN3CCOCC3)nc(NCCO)nc2n1Cc1c(F)ccc(Cl)c1F. The predicted octanol–water partition coefficient (Wildman–Crippen LogP) is 3.30. The van der Waals surface area contributed by atoms with Crippen LogP contribution in [0.5, 0.6) is 0 Å². The fourth-order valence-corrected chi connectivity index (χ4v) is 4.31. The largest absolute Gasteiger partial charge is 0.395 e. The first-order chi connectivity index (χ1) is 17.5. The molecule has 0 atom stereocenters. The smallest absolute Gasteiger partial charge is 0.226 e. The van der Waals surface area contributed by atoms with Gasteiger partial charge in [0.15, 0.2) is 17.0 Å². The van der Waals surface area contributed by atoms with Crippen LogP contribution in [0.2, 0.25) is 5.02 Å². The normalized spacial score (nSPS) is 14.5. The number of aliphatic hydroxyl groups is 1. The topological polar surface area (TPSA) is 100 Å². The Morgan fingerprint density at radius 1 is 1.11 bits per heavy atom. The van der Waals surface area contributed by atoms with Crippen LogP contribution in [-0.4, -0.2) is 82.1 Å². The maximum Gasteiger partial charge on any atom is 0.226 e. The Kier molecular flexibility index (Phi) is 9.24. The van der Waals surface area contributed by atoms with Crippen molar-refractivity contribution in [2.45, 2.75) is 32.7 Å². The summed E-state index contributed by atoms with van der Waals surface area (Å²) in [5.74, 6) is 0.00147. The highest BCUT2D eigenvalue weighted by Gasteiger charge is 2.21. The van der Waals surface area contributed by atoms with Crippen molar-refractivity contribution in [1.29, 1.82) is 0 Å². The molecule has 4 rings (SSSR count). The van der Waals surface area contributed by atoms with Crippen molar-refractivity contribution in [3.8, 4) is 0 Å². The molecule has 1 fully saturated rings. The van der Waals surface area contributed by atoms with Crippen LogP contribution in [0, 0.1) is 11.6 Å². The van der Waals surface area contributed by atoms with Gasteiger partial charge in [0.1, 0.15) is 17.5 Å². The molecule has 12 heteroatoms. The number of rotatable bonds is 12. The van der Waals surface area contributed by atoms with Gasteiger partial charge in [-0.05, 0) is 18.6 Å². The molecule has 0 bridgehead atoms. The fraction of sp³-hybridized carbons (Fsp3) is 0.542. The number of anilines is 2. The third-order valence-electron chi connectivity index (χ3n) is 6.10. The second-order valence-electron chi connectivity index (χ2n) is 8.64. The monoisotopic (exact) mass is 523 g/mol. The second-order valence-corrected chi connectivity index (χ2v) is 9.05. The van der Waals surface area contributed by atoms with E-state index in [0.717, 1.165) is 51.8 Å². The van der Waals surface area contributed by atoms with Crippen molar-refractivity contribution in [3.05, 3.63) is 40.2 Å². The van der Waals surface area contributed by atoms with Gasteiger partial charge in [0.25, 0.3) is 0 Å². The molecular formula is C24H32ClF2N7O2. The molecule has 0 amide bonds. The Hall–Kier alpha value is -2.60. The van der Waals surface area contributed by atoms with E-state index in [0.29, 0.717) is 41.7 Å². The lowest BCUT2D eigenvalue weighted by Crippen LogP contribution is -2.39. The van der Waals surface area contributed by atoms with Gasteiger partial charge in [0.2, 0.25) is 5.95 Å². The van der Waals surface area contributed by atoms with Crippen LogP contribution in [0.1, 0.15) is 31.2 Å². The number of unbranched alkanes of at least 4 members (excludes halogenated alkanes) is 1. The van der Waals surface area contributed by atoms with Gasteiger partial charge in [-0.1, -0.05) is 24.9 Å². The summed E-state index contributed by atoms with van der Waals surface area (Å²) in [6.07, 6.45) is 2.40. The Morgan fingerprint density at radius 2 is 1.92 bits per heavy atom. The third-order valence-corrected chi connectivity index (χ3v) is 6.39. The first kappa shape index (κ1) is 26.5. The zero-order valence-electron chi connectivity index (χ0n) is 20.4. The van der Waals surface area contributed by atoms with Crippen molar-refractivity contribution >= 4 is 34.5 Å². The molecule has 3 aromatic rings. The van der Waals surface area contributed by atoms with Gasteiger partial charge in [0, 0.05) is 44.7 Å². The van der Waals surface area contributed by atoms with Crippen molar-refractivity contribution in [2.75, 3.05) is 63.2 Å². The lowest BCUT2D eigenvalue weighted by Gasteiger charge is -2.26. The molecule has 0 unspecified atom stereocenters. The molecule has 1 aliphatic rings. The van der Waals surface area contributed by atoms with Crippen LogP contribution in [0.15, 0.2) is 12.1 Å². The average Bonchev–Trinajstić information content (AvgIpc) is 3.24. The maximum absolute atomic E-state index is 14.8. The van der Waals surface area contributed by atoms with E-state index in [9.17, 15) is 13.9 Å². The van der Waals surface area contributed by atoms with Crippen LogP contribution in [-0.2, 0) is 17.7 Å². The number of imidazole rings is 1. The Labute approximate surface area is 213 Å². The van der Waals surface area contributed by atoms with E-state index in [4.69, 9.17) is 21.3 Å². The number of ether oxygens (including phenoxy) is 1. The summed E-state index contributed by atoms with van der Waals surface area (Å²) in [5.41, 5.74) is 0.828. The van der Waals surface area contributed by atoms with Crippen LogP contribution < -0.4 is 10.6 Å². The zero-order valence-corrected chi connectivity index (χ0v) is 21.1. The number of halogens is 3. The molecule has 0 spiro atoms. The van der Waals surface area contributed by atoms with E-state index in [1.54, 1.807) is 4.57 Å². The van der Waals surface area contributed by atoms with Gasteiger partial charge in [-0.3, -0.25) is 4.90 Å². The summed E-state index contributed by atoms with van der Waals surface area (Å²) in [4.78, 5) is 16.3. The fourth-order valence-electron chi connectivity index (χ4n) is 4.14. The lowest BCUT2D eigenvalue weighted by atomic mass is 10.2. The van der Waals surface area contributed by atoms with Gasteiger partial charge in [0.05, 0.1) is 31.4 Å². The van der Waals surface area contributed by atoms with Crippen LogP contribution in [0.25, 0.3) is 11.2 Å². The van der Waals surface area contributed by atoms with Crippen molar-refractivity contribution < 1.29 is 18.6 Å². The first-order valence-electron chi connectivity index (χ1n) is 12.3. The Balaban J connectivity index is 1.72. The quantitative estimate of drug-likeness (QED) is 0.311. The van der Waals surface area contributed by atoms with E-state index in [2.05, 4.69) is 32.4 Å². The van der Waals surface area contributed by atoms with E-state index in [-0.39, 0.29) is 30.3 Å². The Bertz CT molecular complexity index is 1170. The minimum Gasteiger partial charge on any atom is -0.395 e. The number of hydrogen-bond donors (Lipinski definition) is 3. The lowest BCUT2D eigenvalue weighted by molar-refractivity contribution is 0.0398. The number of morpholine rings is 1. The summed E-state index contributed by atoms with van der Waals surface area (Å²) in [7, 11) is 0.